The van der Waals surface area contributed by atoms with E-state index in [4.69, 9.17) is 20.5 Å². The molecule has 14 nitrogen and oxygen atoms in total. The van der Waals surface area contributed by atoms with Crippen LogP contribution in [0.15, 0.2) is 61.3 Å². The Morgan fingerprint density at radius 2 is 1.78 bits per heavy atom. The molecule has 0 bridgehead atoms. The number of methoxy groups -OCH3 is 2. The highest BCUT2D eigenvalue weighted by atomic mass is 32.2. The summed E-state index contributed by atoms with van der Waals surface area (Å²) in [6.45, 7) is -0.0422. The van der Waals surface area contributed by atoms with Gasteiger partial charge >= 0.3 is 0 Å². The fourth-order valence-corrected chi connectivity index (χ4v) is 5.55. The van der Waals surface area contributed by atoms with Gasteiger partial charge in [-0.05, 0) is 41.8 Å². The van der Waals surface area contributed by atoms with E-state index in [0.29, 0.717) is 12.0 Å². The molecule has 0 unspecified atom stereocenters. The summed E-state index contributed by atoms with van der Waals surface area (Å²) >= 11 is 0.495. The first-order valence-electron chi connectivity index (χ1n) is 9.96. The van der Waals surface area contributed by atoms with Crippen molar-refractivity contribution in [2.45, 2.75) is 14.7 Å². The number of fused-ring (bicyclic) bond motifs is 1. The number of phenolic OH excluding ortho intramolecular Hbond substituents is 1. The van der Waals surface area contributed by atoms with Gasteiger partial charge in [0.25, 0.3) is 10.1 Å². The van der Waals surface area contributed by atoms with E-state index in [1.165, 1.54) is 44.6 Å². The van der Waals surface area contributed by atoms with Crippen molar-refractivity contribution in [3.05, 3.63) is 36.4 Å². The zero-order chi connectivity index (χ0) is 27.4. The van der Waals surface area contributed by atoms with E-state index in [1.54, 1.807) is 0 Å². The van der Waals surface area contributed by atoms with Gasteiger partial charge < -0.3 is 20.3 Å². The van der Waals surface area contributed by atoms with Crippen molar-refractivity contribution >= 4 is 59.8 Å². The molecule has 3 aromatic rings. The summed E-state index contributed by atoms with van der Waals surface area (Å²) in [6.07, 6.45) is 0. The number of rotatable bonds is 11. The van der Waals surface area contributed by atoms with Crippen LogP contribution in [-0.4, -0.2) is 58.3 Å². The summed E-state index contributed by atoms with van der Waals surface area (Å²) in [7, 11) is -6.00. The molecule has 37 heavy (non-hydrogen) atoms. The molecule has 3 rings (SSSR count). The number of anilines is 1. The standard InChI is InChI=1S/C20H21N3O11S3/c1-31-5-6-36(26,27)13-3-4-16(32-2)14(10-13)22-23-20-17(37(28,29)30)8-11-7-12(35-34-33-25)9-15(24)18(11)19(20)21/h3-4,7-10,24-25H,5-6,21H2,1-2H3,(H,28,29,30). The molecule has 0 spiro atoms. The van der Waals surface area contributed by atoms with E-state index >= 15 is 0 Å². The predicted octanol–water partition coefficient (Wildman–Crippen LogP) is 3.65. The van der Waals surface area contributed by atoms with Crippen LogP contribution in [0.25, 0.3) is 10.8 Å². The average Bonchev–Trinajstić information content (AvgIpc) is 2.84. The monoisotopic (exact) mass is 575 g/mol. The van der Waals surface area contributed by atoms with Gasteiger partial charge in [0.1, 0.15) is 27.8 Å². The van der Waals surface area contributed by atoms with Crippen LogP contribution in [0.4, 0.5) is 17.1 Å². The van der Waals surface area contributed by atoms with Gasteiger partial charge in [-0.15, -0.1) is 14.6 Å². The Morgan fingerprint density at radius 3 is 2.41 bits per heavy atom. The summed E-state index contributed by atoms with van der Waals surface area (Å²) < 4.78 is 73.5. The highest BCUT2D eigenvalue weighted by molar-refractivity contribution is 7.94. The second-order valence-electron chi connectivity index (χ2n) is 7.22. The minimum atomic E-state index is -4.91. The first-order chi connectivity index (χ1) is 17.4. The molecule has 17 heteroatoms. The Kier molecular flexibility index (Phi) is 8.92. The van der Waals surface area contributed by atoms with Crippen molar-refractivity contribution in [2.24, 2.45) is 10.2 Å². The molecule has 0 heterocycles. The second-order valence-corrected chi connectivity index (χ2v) is 11.5. The molecule has 0 amide bonds. The van der Waals surface area contributed by atoms with E-state index in [0.717, 1.165) is 6.07 Å². The van der Waals surface area contributed by atoms with Crippen LogP contribution in [0.1, 0.15) is 0 Å². The van der Waals surface area contributed by atoms with Crippen molar-refractivity contribution in [3.63, 3.8) is 0 Å². The maximum atomic E-state index is 12.5. The van der Waals surface area contributed by atoms with Crippen molar-refractivity contribution in [2.75, 3.05) is 32.3 Å². The van der Waals surface area contributed by atoms with Gasteiger partial charge in [0.2, 0.25) is 0 Å². The molecular formula is C20H21N3O11S3. The number of phenols is 1. The Hall–Kier alpha value is -3.03. The maximum Gasteiger partial charge on any atom is 0.296 e. The van der Waals surface area contributed by atoms with Gasteiger partial charge in [0.05, 0.1) is 42.1 Å². The van der Waals surface area contributed by atoms with Crippen molar-refractivity contribution in [1.82, 2.24) is 0 Å². The number of hydrogen-bond acceptors (Lipinski definition) is 14. The average molecular weight is 576 g/mol. The van der Waals surface area contributed by atoms with E-state index in [2.05, 4.69) is 19.6 Å². The van der Waals surface area contributed by atoms with Gasteiger partial charge in [-0.25, -0.2) is 13.7 Å². The molecule has 0 saturated carbocycles. The Balaban J connectivity index is 2.20. The second kappa shape index (κ2) is 11.6. The van der Waals surface area contributed by atoms with Gasteiger partial charge in [-0.1, -0.05) is 5.04 Å². The lowest BCUT2D eigenvalue weighted by molar-refractivity contribution is -0.432. The van der Waals surface area contributed by atoms with Gasteiger partial charge in [0.15, 0.2) is 9.84 Å². The first-order valence-corrected chi connectivity index (χ1v) is 13.8. The Labute approximate surface area is 215 Å². The first kappa shape index (κ1) is 28.5. The largest absolute Gasteiger partial charge is 0.507 e. The highest BCUT2D eigenvalue weighted by Crippen LogP contribution is 2.44. The van der Waals surface area contributed by atoms with Gasteiger partial charge in [-0.3, -0.25) is 4.55 Å². The fourth-order valence-electron chi connectivity index (χ4n) is 3.25. The molecule has 0 saturated heterocycles. The molecule has 0 atom stereocenters. The van der Waals surface area contributed by atoms with Crippen LogP contribution < -0.4 is 10.5 Å². The number of sulfone groups is 1. The molecule has 0 radical (unpaired) electrons. The number of aromatic hydroxyl groups is 1. The smallest absolute Gasteiger partial charge is 0.296 e. The lowest BCUT2D eigenvalue weighted by Crippen LogP contribution is -2.11. The molecule has 3 aromatic carbocycles. The number of nitrogens with two attached hydrogens (primary N) is 1. The van der Waals surface area contributed by atoms with E-state index in [-0.39, 0.29) is 50.0 Å². The predicted molar refractivity (Wildman–Crippen MR) is 132 cm³/mol. The number of azo groups is 1. The summed E-state index contributed by atoms with van der Waals surface area (Å²) in [4.78, 5) is -0.673. The Bertz CT molecular complexity index is 1560. The molecular weight excluding hydrogens is 554 g/mol. The number of hydrogen-bond donors (Lipinski definition) is 4. The highest BCUT2D eigenvalue weighted by Gasteiger charge is 2.23. The number of ether oxygens (including phenoxy) is 2. The molecule has 200 valence electrons. The molecule has 5 N–H and O–H groups in total. The maximum absolute atomic E-state index is 12.5. The van der Waals surface area contributed by atoms with Crippen molar-refractivity contribution in [3.8, 4) is 11.5 Å². The molecule has 0 aliphatic heterocycles. The molecule has 0 aliphatic rings. The van der Waals surface area contributed by atoms with Crippen LogP contribution in [0.2, 0.25) is 0 Å². The summed E-state index contributed by atoms with van der Waals surface area (Å²) in [6, 6.07) is 7.32. The van der Waals surface area contributed by atoms with Crippen LogP contribution in [-0.2, 0) is 34.1 Å². The summed E-state index contributed by atoms with van der Waals surface area (Å²) in [5.74, 6) is -0.606. The van der Waals surface area contributed by atoms with Gasteiger partial charge in [0, 0.05) is 17.4 Å². The normalized spacial score (nSPS) is 12.4. The third-order valence-electron chi connectivity index (χ3n) is 4.93. The molecule has 0 aliphatic carbocycles. The molecule has 0 aromatic heterocycles. The number of nitrogen functional groups attached to an aromatic ring is 1. The third kappa shape index (κ3) is 6.46. The number of nitrogens with zero attached hydrogens (tertiary/aromatic N) is 2. The summed E-state index contributed by atoms with van der Waals surface area (Å²) in [5, 5.41) is 30.1. The SMILES string of the molecule is COCCS(=O)(=O)c1ccc(OC)c(N=Nc2c(S(=O)(=O)O)cc3cc(SOOO)cc(O)c3c2N)c1. The van der Waals surface area contributed by atoms with Crippen LogP contribution in [0.5, 0.6) is 11.5 Å². The van der Waals surface area contributed by atoms with Crippen molar-refractivity contribution < 1.29 is 50.6 Å². The lowest BCUT2D eigenvalue weighted by atomic mass is 10.1. The lowest BCUT2D eigenvalue weighted by Gasteiger charge is -2.12. The zero-order valence-electron chi connectivity index (χ0n) is 19.2. The fraction of sp³-hybridized carbons (Fsp3) is 0.200. The van der Waals surface area contributed by atoms with E-state index in [9.17, 15) is 26.5 Å². The van der Waals surface area contributed by atoms with E-state index in [1.807, 2.05) is 0 Å². The van der Waals surface area contributed by atoms with E-state index < -0.39 is 36.3 Å². The summed E-state index contributed by atoms with van der Waals surface area (Å²) in [5.41, 5.74) is 5.16. The zero-order valence-corrected chi connectivity index (χ0v) is 21.6. The quantitative estimate of drug-likeness (QED) is 0.0642. The number of benzene rings is 3. The van der Waals surface area contributed by atoms with Gasteiger partial charge in [-0.2, -0.15) is 8.42 Å². The van der Waals surface area contributed by atoms with Crippen LogP contribution >= 0.6 is 12.0 Å². The third-order valence-corrected chi connectivity index (χ3v) is 8.03. The minimum Gasteiger partial charge on any atom is -0.507 e. The Morgan fingerprint density at radius 1 is 1.05 bits per heavy atom. The van der Waals surface area contributed by atoms with Crippen molar-refractivity contribution in [1.29, 1.82) is 0 Å². The van der Waals surface area contributed by atoms with Crippen LogP contribution in [0, 0.1) is 0 Å². The minimum absolute atomic E-state index is 0.0292. The molecule has 0 fully saturated rings. The van der Waals surface area contributed by atoms with Crippen LogP contribution in [0.3, 0.4) is 0 Å². The topological polar surface area (TPSA) is 217 Å².